The molecule has 0 saturated heterocycles. The molecule has 0 fully saturated rings. The molecule has 0 aliphatic rings. The minimum atomic E-state index is -1.19. The average molecular weight is 437 g/mol. The van der Waals surface area contributed by atoms with E-state index in [9.17, 15) is 14.3 Å². The van der Waals surface area contributed by atoms with Crippen LogP contribution in [0.15, 0.2) is 59.1 Å². The summed E-state index contributed by atoms with van der Waals surface area (Å²) in [5, 5.41) is 22.8. The van der Waals surface area contributed by atoms with Gasteiger partial charge in [0.25, 0.3) is 0 Å². The molecular formula is C20H10BrFN4O2. The first-order valence-electron chi connectivity index (χ1n) is 8.06. The summed E-state index contributed by atoms with van der Waals surface area (Å²) in [6.07, 6.45) is 0. The number of fused-ring (bicyclic) bond motifs is 1. The largest absolute Gasteiger partial charge is 0.477 e. The van der Waals surface area contributed by atoms with Crippen molar-refractivity contribution in [2.24, 2.45) is 0 Å². The fourth-order valence-corrected chi connectivity index (χ4v) is 3.17. The Kier molecular flexibility index (Phi) is 4.37. The van der Waals surface area contributed by atoms with Crippen molar-refractivity contribution in [2.45, 2.75) is 0 Å². The molecule has 4 rings (SSSR count). The summed E-state index contributed by atoms with van der Waals surface area (Å²) in [4.78, 5) is 15.6. The molecule has 0 radical (unpaired) electrons. The summed E-state index contributed by atoms with van der Waals surface area (Å²) < 4.78 is 16.4. The van der Waals surface area contributed by atoms with Crippen LogP contribution in [0.5, 0.6) is 0 Å². The highest BCUT2D eigenvalue weighted by Crippen LogP contribution is 2.28. The van der Waals surface area contributed by atoms with Gasteiger partial charge in [0.05, 0.1) is 23.0 Å². The normalized spacial score (nSPS) is 10.8. The first kappa shape index (κ1) is 17.8. The molecule has 0 atom stereocenters. The van der Waals surface area contributed by atoms with E-state index < -0.39 is 11.8 Å². The number of carboxylic acid groups (broad SMARTS) is 1. The number of nitrogens with zero attached hydrogens (tertiary/aromatic N) is 4. The molecular weight excluding hydrogens is 427 g/mol. The Morgan fingerprint density at radius 3 is 2.54 bits per heavy atom. The number of aromatic carboxylic acids is 1. The second-order valence-corrected chi connectivity index (χ2v) is 6.86. The zero-order valence-electron chi connectivity index (χ0n) is 14.1. The third-order valence-electron chi connectivity index (χ3n) is 4.16. The van der Waals surface area contributed by atoms with Gasteiger partial charge < -0.3 is 5.11 Å². The number of carbonyl (C=O) groups is 1. The second kappa shape index (κ2) is 6.87. The molecule has 0 bridgehead atoms. The van der Waals surface area contributed by atoms with Gasteiger partial charge >= 0.3 is 5.97 Å². The number of carboxylic acids is 1. The van der Waals surface area contributed by atoms with Crippen LogP contribution in [-0.2, 0) is 0 Å². The maximum Gasteiger partial charge on any atom is 0.354 e. The van der Waals surface area contributed by atoms with Gasteiger partial charge in [-0.05, 0) is 36.4 Å². The summed E-state index contributed by atoms with van der Waals surface area (Å²) >= 11 is 3.22. The number of nitriles is 1. The SMILES string of the molecule is N#Cc1ccc(-c2cc(C(=O)O)nc3cc(-c4ccc(Br)cc4F)nn23)cc1. The molecule has 4 aromatic rings. The van der Waals surface area contributed by atoms with Gasteiger partial charge in [-0.1, -0.05) is 28.1 Å². The third kappa shape index (κ3) is 3.12. The quantitative estimate of drug-likeness (QED) is 0.509. The Morgan fingerprint density at radius 1 is 1.14 bits per heavy atom. The van der Waals surface area contributed by atoms with Crippen molar-refractivity contribution in [2.75, 3.05) is 0 Å². The van der Waals surface area contributed by atoms with Gasteiger partial charge in [0, 0.05) is 21.7 Å². The predicted octanol–water partition coefficient (Wildman–Crippen LogP) is 4.53. The smallest absolute Gasteiger partial charge is 0.354 e. The number of halogens is 2. The number of rotatable bonds is 3. The van der Waals surface area contributed by atoms with E-state index in [1.165, 1.54) is 22.7 Å². The van der Waals surface area contributed by atoms with E-state index in [4.69, 9.17) is 5.26 Å². The Labute approximate surface area is 166 Å². The van der Waals surface area contributed by atoms with Crippen molar-refractivity contribution in [1.29, 1.82) is 5.26 Å². The van der Waals surface area contributed by atoms with E-state index in [1.807, 2.05) is 6.07 Å². The highest BCUT2D eigenvalue weighted by atomic mass is 79.9. The zero-order chi connectivity index (χ0) is 19.8. The number of hydrogen-bond donors (Lipinski definition) is 1. The minimum absolute atomic E-state index is 0.158. The minimum Gasteiger partial charge on any atom is -0.477 e. The van der Waals surface area contributed by atoms with Crippen molar-refractivity contribution in [1.82, 2.24) is 14.6 Å². The standard InChI is InChI=1S/C20H10BrFN4O2/c21-13-5-6-14(15(22)7-13)16-9-19-24-17(20(27)28)8-18(26(19)25-16)12-3-1-11(10-23)2-4-12/h1-9H,(H,27,28). The molecule has 8 heteroatoms. The first-order chi connectivity index (χ1) is 13.5. The van der Waals surface area contributed by atoms with E-state index in [0.717, 1.165) is 0 Å². The van der Waals surface area contributed by atoms with E-state index in [0.29, 0.717) is 27.0 Å². The lowest BCUT2D eigenvalue weighted by atomic mass is 10.1. The monoisotopic (exact) mass is 436 g/mol. The van der Waals surface area contributed by atoms with Crippen LogP contribution in [0.3, 0.4) is 0 Å². The van der Waals surface area contributed by atoms with Gasteiger partial charge in [-0.3, -0.25) is 0 Å². The summed E-state index contributed by atoms with van der Waals surface area (Å²) in [5.41, 5.74) is 2.32. The van der Waals surface area contributed by atoms with Crippen LogP contribution in [0.25, 0.3) is 28.2 Å². The van der Waals surface area contributed by atoms with Crippen LogP contribution >= 0.6 is 15.9 Å². The maximum absolute atomic E-state index is 14.4. The van der Waals surface area contributed by atoms with Crippen molar-refractivity contribution >= 4 is 27.5 Å². The predicted molar refractivity (Wildman–Crippen MR) is 103 cm³/mol. The van der Waals surface area contributed by atoms with Gasteiger partial charge in [0.2, 0.25) is 0 Å². The highest BCUT2D eigenvalue weighted by molar-refractivity contribution is 9.10. The van der Waals surface area contributed by atoms with Crippen molar-refractivity contribution in [3.63, 3.8) is 0 Å². The van der Waals surface area contributed by atoms with Crippen molar-refractivity contribution in [3.8, 4) is 28.6 Å². The molecule has 2 aromatic carbocycles. The molecule has 28 heavy (non-hydrogen) atoms. The van der Waals surface area contributed by atoms with Crippen LogP contribution in [0, 0.1) is 17.1 Å². The van der Waals surface area contributed by atoms with Gasteiger partial charge in [-0.15, -0.1) is 0 Å². The summed E-state index contributed by atoms with van der Waals surface area (Å²) in [6, 6.07) is 16.2. The van der Waals surface area contributed by atoms with E-state index in [1.54, 1.807) is 36.4 Å². The van der Waals surface area contributed by atoms with Gasteiger partial charge in [0.15, 0.2) is 11.3 Å². The molecule has 0 saturated carbocycles. The lowest BCUT2D eigenvalue weighted by molar-refractivity contribution is 0.0690. The molecule has 0 spiro atoms. The molecule has 0 amide bonds. The molecule has 0 aliphatic heterocycles. The Hall–Kier alpha value is -3.57. The maximum atomic E-state index is 14.4. The van der Waals surface area contributed by atoms with Gasteiger partial charge in [-0.2, -0.15) is 10.4 Å². The van der Waals surface area contributed by atoms with Crippen LogP contribution in [-0.4, -0.2) is 25.7 Å². The first-order valence-corrected chi connectivity index (χ1v) is 8.85. The zero-order valence-corrected chi connectivity index (χ0v) is 15.7. The van der Waals surface area contributed by atoms with Gasteiger partial charge in [-0.25, -0.2) is 18.7 Å². The lowest BCUT2D eigenvalue weighted by Crippen LogP contribution is -2.05. The van der Waals surface area contributed by atoms with Crippen LogP contribution in [0.1, 0.15) is 16.1 Å². The third-order valence-corrected chi connectivity index (χ3v) is 4.66. The fourth-order valence-electron chi connectivity index (χ4n) is 2.83. The molecule has 2 heterocycles. The van der Waals surface area contributed by atoms with Gasteiger partial charge in [0.1, 0.15) is 5.82 Å². The fraction of sp³-hybridized carbons (Fsp3) is 0. The Balaban J connectivity index is 1.96. The summed E-state index contributed by atoms with van der Waals surface area (Å²) in [6.45, 7) is 0. The molecule has 2 aromatic heterocycles. The lowest BCUT2D eigenvalue weighted by Gasteiger charge is -2.06. The summed E-state index contributed by atoms with van der Waals surface area (Å²) in [7, 11) is 0. The Bertz CT molecular complexity index is 1280. The molecule has 6 nitrogen and oxygen atoms in total. The van der Waals surface area contributed by atoms with Crippen LogP contribution < -0.4 is 0 Å². The second-order valence-electron chi connectivity index (χ2n) is 5.94. The molecule has 0 unspecified atom stereocenters. The van der Waals surface area contributed by atoms with E-state index in [2.05, 4.69) is 26.0 Å². The number of aromatic nitrogens is 3. The average Bonchev–Trinajstić information content (AvgIpc) is 3.11. The van der Waals surface area contributed by atoms with E-state index >= 15 is 0 Å². The molecule has 0 aliphatic carbocycles. The highest BCUT2D eigenvalue weighted by Gasteiger charge is 2.17. The summed E-state index contributed by atoms with van der Waals surface area (Å²) in [5.74, 6) is -1.65. The topological polar surface area (TPSA) is 91.3 Å². The molecule has 136 valence electrons. The number of hydrogen-bond acceptors (Lipinski definition) is 4. The van der Waals surface area contributed by atoms with Crippen LogP contribution in [0.2, 0.25) is 0 Å². The van der Waals surface area contributed by atoms with Crippen molar-refractivity contribution < 1.29 is 14.3 Å². The Morgan fingerprint density at radius 2 is 1.89 bits per heavy atom. The van der Waals surface area contributed by atoms with Crippen molar-refractivity contribution in [3.05, 3.63) is 76.1 Å². The van der Waals surface area contributed by atoms with E-state index in [-0.39, 0.29) is 16.9 Å². The van der Waals surface area contributed by atoms with Crippen LogP contribution in [0.4, 0.5) is 4.39 Å². The number of benzene rings is 2. The molecule has 1 N–H and O–H groups in total.